The fraction of sp³-hybridized carbons (Fsp3) is 0.261. The third-order valence-electron chi connectivity index (χ3n) is 5.22. The summed E-state index contributed by atoms with van der Waals surface area (Å²) in [6, 6.07) is 14.5. The second kappa shape index (κ2) is 9.94. The molecular formula is C23H18ClF4N7O. The van der Waals surface area contributed by atoms with Crippen molar-refractivity contribution < 1.29 is 17.6 Å². The topological polar surface area (TPSA) is 94.3 Å². The molecule has 0 N–H and O–H groups in total. The number of alkyl halides is 4. The van der Waals surface area contributed by atoms with E-state index < -0.39 is 31.0 Å². The van der Waals surface area contributed by atoms with Gasteiger partial charge in [-0.2, -0.15) is 18.4 Å². The van der Waals surface area contributed by atoms with Crippen LogP contribution in [0.3, 0.4) is 0 Å². The number of hydrogen-bond acceptors (Lipinski definition) is 5. The Kier molecular flexibility index (Phi) is 6.94. The van der Waals surface area contributed by atoms with Gasteiger partial charge in [-0.3, -0.25) is 4.57 Å². The highest BCUT2D eigenvalue weighted by Gasteiger charge is 2.29. The first-order chi connectivity index (χ1) is 17.1. The molecule has 0 fully saturated rings. The van der Waals surface area contributed by atoms with Gasteiger partial charge >= 0.3 is 11.9 Å². The predicted octanol–water partition coefficient (Wildman–Crippen LogP) is 4.85. The average molecular weight is 520 g/mol. The number of hydrogen-bond donors (Lipinski definition) is 0. The predicted molar refractivity (Wildman–Crippen MR) is 122 cm³/mol. The molecule has 0 aliphatic rings. The van der Waals surface area contributed by atoms with Crippen LogP contribution in [0.5, 0.6) is 0 Å². The molecule has 0 amide bonds. The van der Waals surface area contributed by atoms with E-state index in [2.05, 4.69) is 15.2 Å². The molecule has 1 atom stereocenters. The number of benzene rings is 2. The van der Waals surface area contributed by atoms with Crippen LogP contribution in [-0.4, -0.2) is 35.3 Å². The lowest BCUT2D eigenvalue weighted by Crippen LogP contribution is -2.27. The first kappa shape index (κ1) is 25.1. The highest BCUT2D eigenvalue weighted by Crippen LogP contribution is 2.24. The van der Waals surface area contributed by atoms with E-state index in [1.807, 2.05) is 6.07 Å². The Balaban J connectivity index is 1.77. The third-order valence-corrected chi connectivity index (χ3v) is 5.47. The molecule has 186 valence electrons. The lowest BCUT2D eigenvalue weighted by molar-refractivity contribution is -0.136. The Morgan fingerprint density at radius 1 is 1.11 bits per heavy atom. The molecule has 13 heteroatoms. The summed E-state index contributed by atoms with van der Waals surface area (Å²) in [6.45, 7) is 0.264. The molecule has 0 radical (unpaired) electrons. The maximum Gasteiger partial charge on any atom is 0.390 e. The Morgan fingerprint density at radius 3 is 2.44 bits per heavy atom. The van der Waals surface area contributed by atoms with Crippen LogP contribution in [0.1, 0.15) is 36.7 Å². The molecular weight excluding hydrogens is 502 g/mol. The Labute approximate surface area is 207 Å². The maximum atomic E-state index is 14.4. The van der Waals surface area contributed by atoms with Crippen molar-refractivity contribution in [2.75, 3.05) is 0 Å². The van der Waals surface area contributed by atoms with Gasteiger partial charge in [0, 0.05) is 17.1 Å². The summed E-state index contributed by atoms with van der Waals surface area (Å²) in [4.78, 5) is 17.2. The lowest BCUT2D eigenvalue weighted by Gasteiger charge is -2.08. The zero-order valence-corrected chi connectivity index (χ0v) is 19.5. The van der Waals surface area contributed by atoms with Gasteiger partial charge in [-0.05, 0) is 43.3 Å². The van der Waals surface area contributed by atoms with Crippen LogP contribution in [0.2, 0.25) is 5.02 Å². The summed E-state index contributed by atoms with van der Waals surface area (Å²) < 4.78 is 56.1. The van der Waals surface area contributed by atoms with Crippen LogP contribution < -0.4 is 5.69 Å². The van der Waals surface area contributed by atoms with Crippen molar-refractivity contribution in [2.45, 2.75) is 38.8 Å². The van der Waals surface area contributed by atoms with Crippen LogP contribution in [0.25, 0.3) is 17.1 Å². The van der Waals surface area contributed by atoms with E-state index >= 15 is 0 Å². The molecule has 4 rings (SSSR count). The molecule has 0 aliphatic carbocycles. The van der Waals surface area contributed by atoms with Crippen molar-refractivity contribution in [3.63, 3.8) is 0 Å². The van der Waals surface area contributed by atoms with Crippen molar-refractivity contribution in [3.8, 4) is 23.1 Å². The highest BCUT2D eigenvalue weighted by molar-refractivity contribution is 6.30. The van der Waals surface area contributed by atoms with Crippen LogP contribution in [0, 0.1) is 11.3 Å². The summed E-state index contributed by atoms with van der Waals surface area (Å²) in [7, 11) is 0. The molecule has 2 aromatic heterocycles. The maximum absolute atomic E-state index is 14.4. The minimum absolute atomic E-state index is 0.00697. The quantitative estimate of drug-likeness (QED) is 0.325. The van der Waals surface area contributed by atoms with Gasteiger partial charge in [0.05, 0.1) is 17.7 Å². The standard InChI is InChI=1S/C23H18ClF4N7O/c1-14(25)20-30-19(31-35(20)18-5-3-2-4-16(18)12-29)13-34-22(36)33(11-10-23(26,27)28)21(32-34)15-6-8-17(24)9-7-15/h2-9,14H,10-11,13H2,1H3. The van der Waals surface area contributed by atoms with E-state index in [1.54, 1.807) is 18.2 Å². The molecule has 8 nitrogen and oxygen atoms in total. The van der Waals surface area contributed by atoms with E-state index in [-0.39, 0.29) is 29.6 Å². The van der Waals surface area contributed by atoms with Gasteiger partial charge in [0.25, 0.3) is 0 Å². The fourth-order valence-corrected chi connectivity index (χ4v) is 3.68. The fourth-order valence-electron chi connectivity index (χ4n) is 3.55. The molecule has 4 aromatic rings. The Morgan fingerprint density at radius 2 is 1.81 bits per heavy atom. The largest absolute Gasteiger partial charge is 0.390 e. The second-order valence-corrected chi connectivity index (χ2v) is 8.27. The summed E-state index contributed by atoms with van der Waals surface area (Å²) in [5, 5.41) is 18.3. The van der Waals surface area contributed by atoms with Gasteiger partial charge in [-0.25, -0.2) is 23.5 Å². The van der Waals surface area contributed by atoms with E-state index in [1.165, 1.54) is 41.9 Å². The van der Waals surface area contributed by atoms with Gasteiger partial charge in [0.1, 0.15) is 12.6 Å². The van der Waals surface area contributed by atoms with Crippen LogP contribution in [0.15, 0.2) is 53.3 Å². The average Bonchev–Trinajstić information content (AvgIpc) is 3.39. The summed E-state index contributed by atoms with van der Waals surface area (Å²) in [6.07, 6.45) is -7.29. The number of para-hydroxylation sites is 1. The van der Waals surface area contributed by atoms with Crippen LogP contribution in [-0.2, 0) is 13.1 Å². The third kappa shape index (κ3) is 5.31. The van der Waals surface area contributed by atoms with Crippen molar-refractivity contribution in [2.24, 2.45) is 0 Å². The molecule has 2 aromatic carbocycles. The summed E-state index contributed by atoms with van der Waals surface area (Å²) in [5.41, 5.74) is 0.0994. The van der Waals surface area contributed by atoms with Crippen molar-refractivity contribution in [3.05, 3.63) is 81.3 Å². The molecule has 0 bridgehead atoms. The van der Waals surface area contributed by atoms with E-state index in [9.17, 15) is 27.6 Å². The van der Waals surface area contributed by atoms with Gasteiger partial charge in [-0.1, -0.05) is 23.7 Å². The minimum Gasteiger partial charge on any atom is -0.275 e. The second-order valence-electron chi connectivity index (χ2n) is 7.83. The minimum atomic E-state index is -4.49. The first-order valence-electron chi connectivity index (χ1n) is 10.7. The molecule has 1 unspecified atom stereocenters. The molecule has 0 spiro atoms. The number of nitriles is 1. The number of aromatic nitrogens is 6. The monoisotopic (exact) mass is 519 g/mol. The number of halogens is 5. The highest BCUT2D eigenvalue weighted by atomic mass is 35.5. The lowest BCUT2D eigenvalue weighted by atomic mass is 10.2. The smallest absolute Gasteiger partial charge is 0.275 e. The molecule has 0 saturated heterocycles. The van der Waals surface area contributed by atoms with Crippen molar-refractivity contribution >= 4 is 11.6 Å². The van der Waals surface area contributed by atoms with Gasteiger partial charge in [0.2, 0.25) is 0 Å². The Bertz CT molecular complexity index is 1480. The van der Waals surface area contributed by atoms with E-state index in [4.69, 9.17) is 11.6 Å². The Hall–Kier alpha value is -3.98. The van der Waals surface area contributed by atoms with Gasteiger partial charge in [-0.15, -0.1) is 10.2 Å². The van der Waals surface area contributed by atoms with Crippen LogP contribution in [0.4, 0.5) is 17.6 Å². The van der Waals surface area contributed by atoms with Crippen LogP contribution >= 0.6 is 11.6 Å². The molecule has 2 heterocycles. The molecule has 0 aliphatic heterocycles. The van der Waals surface area contributed by atoms with Crippen molar-refractivity contribution in [1.82, 2.24) is 29.1 Å². The van der Waals surface area contributed by atoms with E-state index in [0.29, 0.717) is 16.3 Å². The van der Waals surface area contributed by atoms with Gasteiger partial charge < -0.3 is 0 Å². The normalized spacial score (nSPS) is 12.5. The molecule has 0 saturated carbocycles. The molecule has 36 heavy (non-hydrogen) atoms. The van der Waals surface area contributed by atoms with E-state index in [0.717, 1.165) is 9.25 Å². The zero-order valence-electron chi connectivity index (χ0n) is 18.7. The first-order valence-corrected chi connectivity index (χ1v) is 11.0. The number of nitrogens with zero attached hydrogens (tertiary/aromatic N) is 7. The van der Waals surface area contributed by atoms with Crippen molar-refractivity contribution in [1.29, 1.82) is 5.26 Å². The van der Waals surface area contributed by atoms with Gasteiger partial charge in [0.15, 0.2) is 23.6 Å². The SMILES string of the molecule is CC(F)c1nc(Cn2nc(-c3ccc(Cl)cc3)n(CCC(F)(F)F)c2=O)nn1-c1ccccc1C#N. The summed E-state index contributed by atoms with van der Waals surface area (Å²) >= 11 is 5.91. The number of rotatable bonds is 7. The zero-order chi connectivity index (χ0) is 26.0. The summed E-state index contributed by atoms with van der Waals surface area (Å²) in [5.74, 6) is -0.100.